The van der Waals surface area contributed by atoms with E-state index in [0.29, 0.717) is 6.04 Å². The van der Waals surface area contributed by atoms with Crippen molar-refractivity contribution in [3.05, 3.63) is 29.8 Å². The molecule has 22 heavy (non-hydrogen) atoms. The van der Waals surface area contributed by atoms with Gasteiger partial charge in [-0.2, -0.15) is 0 Å². The average Bonchev–Trinajstić information content (AvgIpc) is 2.53. The van der Waals surface area contributed by atoms with E-state index in [0.717, 1.165) is 18.8 Å². The van der Waals surface area contributed by atoms with Crippen molar-refractivity contribution in [2.24, 2.45) is 0 Å². The van der Waals surface area contributed by atoms with E-state index in [4.69, 9.17) is 4.74 Å². The molecule has 1 atom stereocenters. The van der Waals surface area contributed by atoms with Crippen LogP contribution in [0.5, 0.6) is 5.75 Å². The van der Waals surface area contributed by atoms with Crippen LogP contribution in [0.3, 0.4) is 0 Å². The number of rotatable bonds is 12. The minimum Gasteiger partial charge on any atom is -0.497 e. The Labute approximate surface area is 137 Å². The lowest BCUT2D eigenvalue weighted by atomic mass is 10.1. The highest BCUT2D eigenvalue weighted by atomic mass is 16.5. The lowest BCUT2D eigenvalue weighted by molar-refractivity contribution is 0.288. The lowest BCUT2D eigenvalue weighted by Gasteiger charge is -2.25. The second-order valence-corrected chi connectivity index (χ2v) is 6.22. The first-order chi connectivity index (χ1) is 10.7. The molecule has 0 aliphatic rings. The highest BCUT2D eigenvalue weighted by Gasteiger charge is 2.13. The van der Waals surface area contributed by atoms with Gasteiger partial charge in [0.25, 0.3) is 0 Å². The Morgan fingerprint density at radius 1 is 1.00 bits per heavy atom. The molecular formula is C19H34N2O. The van der Waals surface area contributed by atoms with Crippen molar-refractivity contribution >= 4 is 0 Å². The highest BCUT2D eigenvalue weighted by molar-refractivity contribution is 5.29. The Morgan fingerprint density at radius 3 is 2.23 bits per heavy atom. The van der Waals surface area contributed by atoms with Gasteiger partial charge in [0, 0.05) is 12.6 Å². The van der Waals surface area contributed by atoms with Gasteiger partial charge in [-0.25, -0.2) is 0 Å². The van der Waals surface area contributed by atoms with Crippen LogP contribution in [0.1, 0.15) is 57.1 Å². The number of benzene rings is 1. The first kappa shape index (κ1) is 19.0. The van der Waals surface area contributed by atoms with Gasteiger partial charge in [0.2, 0.25) is 0 Å². The first-order valence-electron chi connectivity index (χ1n) is 8.70. The number of nitrogens with one attached hydrogen (secondary N) is 1. The van der Waals surface area contributed by atoms with Crippen LogP contribution in [0.15, 0.2) is 24.3 Å². The van der Waals surface area contributed by atoms with Gasteiger partial charge in [-0.05, 0) is 44.8 Å². The van der Waals surface area contributed by atoms with Gasteiger partial charge in [-0.1, -0.05) is 51.2 Å². The molecule has 1 aromatic rings. The number of hydrogen-bond donors (Lipinski definition) is 1. The first-order valence-corrected chi connectivity index (χ1v) is 8.70. The van der Waals surface area contributed by atoms with Crippen LogP contribution in [0.25, 0.3) is 0 Å². The lowest BCUT2D eigenvalue weighted by Crippen LogP contribution is -2.31. The summed E-state index contributed by atoms with van der Waals surface area (Å²) in [5, 5.41) is 3.61. The number of nitrogens with zero attached hydrogens (tertiary/aromatic N) is 1. The zero-order valence-electron chi connectivity index (χ0n) is 14.9. The minimum atomic E-state index is 0.408. The second-order valence-electron chi connectivity index (χ2n) is 6.22. The number of likely N-dealkylation sites (N-methyl/N-ethyl adjacent to an activating group) is 1. The highest BCUT2D eigenvalue weighted by Crippen LogP contribution is 2.20. The molecule has 0 saturated carbocycles. The summed E-state index contributed by atoms with van der Waals surface area (Å²) in [4.78, 5) is 2.27. The third kappa shape index (κ3) is 7.28. The molecule has 0 saturated heterocycles. The fourth-order valence-electron chi connectivity index (χ4n) is 2.69. The summed E-state index contributed by atoms with van der Waals surface area (Å²) in [6, 6.07) is 8.82. The summed E-state index contributed by atoms with van der Waals surface area (Å²) in [6.45, 7) is 4.38. The summed E-state index contributed by atoms with van der Waals surface area (Å²) < 4.78 is 5.23. The van der Waals surface area contributed by atoms with Gasteiger partial charge < -0.3 is 15.0 Å². The van der Waals surface area contributed by atoms with Crippen molar-refractivity contribution in [2.75, 3.05) is 34.3 Å². The van der Waals surface area contributed by atoms with Crippen LogP contribution < -0.4 is 10.1 Å². The van der Waals surface area contributed by atoms with Crippen molar-refractivity contribution in [3.8, 4) is 5.75 Å². The Bertz CT molecular complexity index is 376. The van der Waals surface area contributed by atoms with Crippen LogP contribution >= 0.6 is 0 Å². The second kappa shape index (κ2) is 11.5. The smallest absolute Gasteiger partial charge is 0.118 e. The van der Waals surface area contributed by atoms with E-state index in [2.05, 4.69) is 43.4 Å². The normalized spacial score (nSPS) is 12.6. The molecule has 0 fully saturated rings. The van der Waals surface area contributed by atoms with Crippen LogP contribution in [0.2, 0.25) is 0 Å². The maximum Gasteiger partial charge on any atom is 0.118 e. The summed E-state index contributed by atoms with van der Waals surface area (Å²) in [6.07, 6.45) is 8.11. The SMILES string of the molecule is CCCCCCCCNCC(c1ccc(OC)cc1)N(C)C. The van der Waals surface area contributed by atoms with Crippen molar-refractivity contribution in [2.45, 2.75) is 51.5 Å². The fraction of sp³-hybridized carbons (Fsp3) is 0.684. The molecule has 0 aliphatic carbocycles. The van der Waals surface area contributed by atoms with E-state index in [1.165, 1.54) is 44.1 Å². The standard InChI is InChI=1S/C19H34N2O/c1-5-6-7-8-9-10-15-20-16-19(21(2)3)17-11-13-18(22-4)14-12-17/h11-14,19-20H,5-10,15-16H2,1-4H3. The van der Waals surface area contributed by atoms with Crippen molar-refractivity contribution in [3.63, 3.8) is 0 Å². The quantitative estimate of drug-likeness (QED) is 0.584. The number of hydrogen-bond acceptors (Lipinski definition) is 3. The summed E-state index contributed by atoms with van der Waals surface area (Å²) in [5.41, 5.74) is 1.33. The molecule has 3 heteroatoms. The Kier molecular flexibility index (Phi) is 9.93. The van der Waals surface area contributed by atoms with Crippen molar-refractivity contribution < 1.29 is 4.74 Å². The molecule has 0 aromatic heterocycles. The Morgan fingerprint density at radius 2 is 1.64 bits per heavy atom. The van der Waals surface area contributed by atoms with Crippen molar-refractivity contribution in [1.82, 2.24) is 10.2 Å². The summed E-state index contributed by atoms with van der Waals surface area (Å²) in [7, 11) is 5.99. The molecule has 0 spiro atoms. The summed E-state index contributed by atoms with van der Waals surface area (Å²) >= 11 is 0. The van der Waals surface area contributed by atoms with Gasteiger partial charge >= 0.3 is 0 Å². The van der Waals surface area contributed by atoms with Crippen LogP contribution in [-0.4, -0.2) is 39.2 Å². The molecule has 1 unspecified atom stereocenters. The maximum atomic E-state index is 5.23. The van der Waals surface area contributed by atoms with Gasteiger partial charge in [0.1, 0.15) is 5.75 Å². The van der Waals surface area contributed by atoms with Gasteiger partial charge in [-0.15, -0.1) is 0 Å². The molecule has 0 aliphatic heterocycles. The van der Waals surface area contributed by atoms with Gasteiger partial charge in [-0.3, -0.25) is 0 Å². The van der Waals surface area contributed by atoms with E-state index < -0.39 is 0 Å². The van der Waals surface area contributed by atoms with Gasteiger partial charge in [0.05, 0.1) is 7.11 Å². The minimum absolute atomic E-state index is 0.408. The number of methoxy groups -OCH3 is 1. The molecule has 0 heterocycles. The third-order valence-electron chi connectivity index (χ3n) is 4.17. The maximum absolute atomic E-state index is 5.23. The average molecular weight is 306 g/mol. The van der Waals surface area contributed by atoms with Crippen LogP contribution in [-0.2, 0) is 0 Å². The Balaban J connectivity index is 2.29. The van der Waals surface area contributed by atoms with E-state index in [1.807, 2.05) is 12.1 Å². The van der Waals surface area contributed by atoms with Gasteiger partial charge in [0.15, 0.2) is 0 Å². The van der Waals surface area contributed by atoms with Crippen LogP contribution in [0.4, 0.5) is 0 Å². The Hall–Kier alpha value is -1.06. The summed E-state index contributed by atoms with van der Waals surface area (Å²) in [5.74, 6) is 0.918. The molecule has 126 valence electrons. The molecule has 0 radical (unpaired) electrons. The van der Waals surface area contributed by atoms with Crippen molar-refractivity contribution in [1.29, 1.82) is 0 Å². The fourth-order valence-corrected chi connectivity index (χ4v) is 2.69. The zero-order valence-corrected chi connectivity index (χ0v) is 14.9. The molecular weight excluding hydrogens is 272 g/mol. The molecule has 3 nitrogen and oxygen atoms in total. The van der Waals surface area contributed by atoms with E-state index >= 15 is 0 Å². The molecule has 1 rings (SSSR count). The molecule has 1 aromatic carbocycles. The third-order valence-corrected chi connectivity index (χ3v) is 4.17. The number of ether oxygens (including phenoxy) is 1. The predicted molar refractivity (Wildman–Crippen MR) is 95.7 cm³/mol. The predicted octanol–water partition coefficient (Wildman–Crippen LogP) is 4.25. The molecule has 0 amide bonds. The monoisotopic (exact) mass is 306 g/mol. The zero-order chi connectivity index (χ0) is 16.2. The largest absolute Gasteiger partial charge is 0.497 e. The van der Waals surface area contributed by atoms with Crippen LogP contribution in [0, 0.1) is 0 Å². The van der Waals surface area contributed by atoms with E-state index in [9.17, 15) is 0 Å². The molecule has 1 N–H and O–H groups in total. The topological polar surface area (TPSA) is 24.5 Å². The number of unbranched alkanes of at least 4 members (excludes halogenated alkanes) is 5. The van der Waals surface area contributed by atoms with E-state index in [-0.39, 0.29) is 0 Å². The molecule has 0 bridgehead atoms. The van der Waals surface area contributed by atoms with E-state index in [1.54, 1.807) is 7.11 Å².